The number of nitrogens with one attached hydrogen (secondary N) is 4. The topological polar surface area (TPSA) is 209 Å². The Hall–Kier alpha value is -2.96. The molecule has 0 radical (unpaired) electrons. The second kappa shape index (κ2) is 14.3. The van der Waals surface area contributed by atoms with Crippen molar-refractivity contribution in [1.82, 2.24) is 36.3 Å². The van der Waals surface area contributed by atoms with Crippen LogP contribution in [0, 0.1) is 0 Å². The van der Waals surface area contributed by atoms with Gasteiger partial charge in [0.2, 0.25) is 0 Å². The van der Waals surface area contributed by atoms with E-state index in [-0.39, 0.29) is 76.5 Å². The molecule has 10 N–H and O–H groups in total. The molecule has 0 saturated heterocycles. The Bertz CT molecular complexity index is 1110. The van der Waals surface area contributed by atoms with Crippen LogP contribution in [0.1, 0.15) is 31.6 Å². The first-order valence-corrected chi connectivity index (χ1v) is 9.15. The monoisotopic (exact) mass is 675 g/mol. The van der Waals surface area contributed by atoms with E-state index in [1.54, 1.807) is 65.6 Å². The molecule has 3 rings (SSSR count). The molecule has 0 aromatic carbocycles. The van der Waals surface area contributed by atoms with Crippen molar-refractivity contribution in [2.45, 2.75) is 0 Å². The van der Waals surface area contributed by atoms with Gasteiger partial charge in [0.25, 0.3) is 17.7 Å². The Morgan fingerprint density at radius 1 is 0.882 bits per heavy atom. The van der Waals surface area contributed by atoms with Crippen LogP contribution in [0.5, 0.6) is 0 Å². The SMILES string of the molecule is Cn1cc(NC(=O)c2cc(NC(=O)c3nccn3C)cn2C)cc1C(=O)NCC[NH-].N.N.[Cl-].[Pt+2]. The van der Waals surface area contributed by atoms with Crippen molar-refractivity contribution >= 4 is 29.1 Å². The third-order valence-corrected chi connectivity index (χ3v) is 4.43. The molecule has 0 fully saturated rings. The molecule has 0 spiro atoms. The maximum absolute atomic E-state index is 12.7. The fourth-order valence-corrected chi connectivity index (χ4v) is 2.95. The molecule has 0 bridgehead atoms. The van der Waals surface area contributed by atoms with Gasteiger partial charge in [0.1, 0.15) is 11.4 Å². The second-order valence-corrected chi connectivity index (χ2v) is 6.73. The summed E-state index contributed by atoms with van der Waals surface area (Å²) in [6, 6.07) is 3.12. The molecule has 13 nitrogen and oxygen atoms in total. The molecule has 0 unspecified atom stereocenters. The van der Waals surface area contributed by atoms with Gasteiger partial charge in [-0.05, 0) is 18.7 Å². The summed E-state index contributed by atoms with van der Waals surface area (Å²) in [6.45, 7) is 0.341. The average Bonchev–Trinajstić information content (AvgIpc) is 3.38. The molecule has 3 aromatic heterocycles. The number of carbonyl (C=O) groups is 3. The molecule has 0 saturated carbocycles. The largest absolute Gasteiger partial charge is 2.00 e. The van der Waals surface area contributed by atoms with Crippen molar-refractivity contribution in [2.75, 3.05) is 23.7 Å². The van der Waals surface area contributed by atoms with E-state index >= 15 is 0 Å². The first-order chi connectivity index (χ1) is 14.3. The number of amides is 3. The fourth-order valence-electron chi connectivity index (χ4n) is 2.95. The zero-order valence-electron chi connectivity index (χ0n) is 19.0. The summed E-state index contributed by atoms with van der Waals surface area (Å²) in [7, 11) is 5.10. The second-order valence-electron chi connectivity index (χ2n) is 6.73. The number of halogens is 1. The summed E-state index contributed by atoms with van der Waals surface area (Å²) in [6.07, 6.45) is 6.45. The zero-order valence-corrected chi connectivity index (χ0v) is 22.0. The van der Waals surface area contributed by atoms with Gasteiger partial charge < -0.3 is 60.1 Å². The Labute approximate surface area is 217 Å². The average molecular weight is 676 g/mol. The molecule has 3 aromatic rings. The van der Waals surface area contributed by atoms with Crippen LogP contribution in [0.25, 0.3) is 5.73 Å². The van der Waals surface area contributed by atoms with Gasteiger partial charge in [-0.15, -0.1) is 6.54 Å². The van der Waals surface area contributed by atoms with Gasteiger partial charge in [0.15, 0.2) is 5.82 Å². The minimum absolute atomic E-state index is 0. The van der Waals surface area contributed by atoms with Crippen molar-refractivity contribution < 1.29 is 47.9 Å². The van der Waals surface area contributed by atoms with Crippen LogP contribution in [-0.4, -0.2) is 49.5 Å². The van der Waals surface area contributed by atoms with Crippen molar-refractivity contribution in [3.63, 3.8) is 0 Å². The van der Waals surface area contributed by atoms with Gasteiger partial charge in [-0.25, -0.2) is 4.98 Å². The Morgan fingerprint density at radius 2 is 1.38 bits per heavy atom. The third kappa shape index (κ3) is 7.54. The molecule has 0 atom stereocenters. The summed E-state index contributed by atoms with van der Waals surface area (Å²) in [5.74, 6) is -0.834. The van der Waals surface area contributed by atoms with Gasteiger partial charge in [-0.2, -0.15) is 0 Å². The summed E-state index contributed by atoms with van der Waals surface area (Å²) >= 11 is 0. The Balaban J connectivity index is 0. The number of aryl methyl sites for hydroxylation is 3. The number of anilines is 2. The molecule has 0 aliphatic heterocycles. The van der Waals surface area contributed by atoms with Crippen molar-refractivity contribution in [3.05, 3.63) is 59.9 Å². The van der Waals surface area contributed by atoms with E-state index in [0.717, 1.165) is 0 Å². The molecule has 34 heavy (non-hydrogen) atoms. The van der Waals surface area contributed by atoms with Crippen LogP contribution >= 0.6 is 0 Å². The fraction of sp³-hybridized carbons (Fsp3) is 0.263. The van der Waals surface area contributed by atoms with Crippen molar-refractivity contribution in [3.8, 4) is 0 Å². The maximum Gasteiger partial charge on any atom is 2.00 e. The number of aromatic nitrogens is 4. The predicted molar refractivity (Wildman–Crippen MR) is 122 cm³/mol. The van der Waals surface area contributed by atoms with Gasteiger partial charge in [-0.3, -0.25) is 14.4 Å². The van der Waals surface area contributed by atoms with Crippen molar-refractivity contribution in [2.24, 2.45) is 21.1 Å². The van der Waals surface area contributed by atoms with E-state index in [1.165, 1.54) is 6.20 Å². The number of hydrogen-bond donors (Lipinski definition) is 5. The molecule has 15 heteroatoms. The quantitative estimate of drug-likeness (QED) is 0.206. The van der Waals surface area contributed by atoms with Crippen LogP contribution in [0.4, 0.5) is 11.4 Å². The molecule has 0 aliphatic rings. The zero-order chi connectivity index (χ0) is 21.8. The summed E-state index contributed by atoms with van der Waals surface area (Å²) in [5.41, 5.74) is 8.72. The molecular weight excluding hydrogens is 647 g/mol. The molecule has 3 heterocycles. The van der Waals surface area contributed by atoms with E-state index in [2.05, 4.69) is 20.9 Å². The van der Waals surface area contributed by atoms with Crippen LogP contribution < -0.4 is 40.7 Å². The smallest absolute Gasteiger partial charge is 1.00 e. The van der Waals surface area contributed by atoms with Crippen LogP contribution in [-0.2, 0) is 42.2 Å². The minimum atomic E-state index is -0.390. The standard InChI is InChI=1S/C19H23N8O3.ClH.2H3N.Pt/c1-25-7-6-21-16(25)19(30)24-13-9-15(27(3)11-13)18(29)23-12-8-14(26(2)10-12)17(28)22-5-4-20;;;;/h6-11,20H,4-5H2,1-3H3,(H,22,28)(H,23,29)(H,24,30);1H;2*1H3;/q-1;;;;+2/p-1. The summed E-state index contributed by atoms with van der Waals surface area (Å²) in [5, 5.41) is 8.09. The number of rotatable bonds is 7. The van der Waals surface area contributed by atoms with E-state index in [1.807, 2.05) is 0 Å². The van der Waals surface area contributed by atoms with E-state index in [4.69, 9.17) is 5.73 Å². The van der Waals surface area contributed by atoms with Gasteiger partial charge in [0.05, 0.1) is 11.4 Å². The third-order valence-electron chi connectivity index (χ3n) is 4.43. The summed E-state index contributed by atoms with van der Waals surface area (Å²) < 4.78 is 4.78. The first kappa shape index (κ1) is 33.2. The molecular formula is C19H29ClN10O3Pt. The van der Waals surface area contributed by atoms with Crippen molar-refractivity contribution in [1.29, 1.82) is 0 Å². The maximum atomic E-state index is 12.7. The van der Waals surface area contributed by atoms with Gasteiger partial charge in [-0.1, -0.05) is 0 Å². The van der Waals surface area contributed by atoms with Crippen LogP contribution in [0.3, 0.4) is 0 Å². The molecule has 3 amide bonds. The van der Waals surface area contributed by atoms with Gasteiger partial charge >= 0.3 is 21.1 Å². The first-order valence-electron chi connectivity index (χ1n) is 9.15. The molecule has 190 valence electrons. The van der Waals surface area contributed by atoms with Crippen LogP contribution in [0.15, 0.2) is 36.9 Å². The van der Waals surface area contributed by atoms with Crippen LogP contribution in [0.2, 0.25) is 0 Å². The normalized spacial score (nSPS) is 9.41. The number of carbonyl (C=O) groups excluding carboxylic acids is 3. The Kier molecular flexibility index (Phi) is 14.0. The van der Waals surface area contributed by atoms with E-state index in [9.17, 15) is 14.4 Å². The number of nitrogens with zero attached hydrogens (tertiary/aromatic N) is 4. The van der Waals surface area contributed by atoms with E-state index < -0.39 is 5.91 Å². The molecule has 0 aliphatic carbocycles. The number of imidazole rings is 1. The predicted octanol–water partition coefficient (Wildman–Crippen LogP) is -1.29. The Morgan fingerprint density at radius 3 is 1.85 bits per heavy atom. The summed E-state index contributed by atoms with van der Waals surface area (Å²) in [4.78, 5) is 41.1. The number of hydrogen-bond acceptors (Lipinski definition) is 6. The van der Waals surface area contributed by atoms with E-state index in [0.29, 0.717) is 22.8 Å². The van der Waals surface area contributed by atoms with Gasteiger partial charge in [0, 0.05) is 45.9 Å². The minimum Gasteiger partial charge on any atom is -1.00 e.